The maximum atomic E-state index is 13.2. The van der Waals surface area contributed by atoms with Crippen molar-refractivity contribution in [2.24, 2.45) is 0 Å². The molecule has 2 N–H and O–H groups in total. The fourth-order valence-electron chi connectivity index (χ4n) is 3.22. The van der Waals surface area contributed by atoms with Gasteiger partial charge in [0.1, 0.15) is 5.75 Å². The summed E-state index contributed by atoms with van der Waals surface area (Å²) in [6.07, 6.45) is 0.116. The van der Waals surface area contributed by atoms with Crippen LogP contribution in [-0.4, -0.2) is 28.0 Å². The normalized spacial score (nSPS) is 11.0. The molecule has 6 heteroatoms. The molecular formula is C21H21ClN2O3. The van der Waals surface area contributed by atoms with Crippen LogP contribution in [0, 0.1) is 13.8 Å². The van der Waals surface area contributed by atoms with E-state index in [9.17, 15) is 14.7 Å². The third-order valence-electron chi connectivity index (χ3n) is 4.62. The molecule has 0 saturated heterocycles. The number of halogens is 1. The van der Waals surface area contributed by atoms with E-state index < -0.39 is 0 Å². The molecule has 0 unspecified atom stereocenters. The van der Waals surface area contributed by atoms with Crippen LogP contribution in [0.25, 0.3) is 10.9 Å². The predicted octanol–water partition coefficient (Wildman–Crippen LogP) is 3.98. The number of fused-ring (bicyclic) bond motifs is 1. The standard InChI is InChI=1S/C21H21ClN2O3/c1-4-23-20(26)10-15-13(3)24(18-11-17(22)19(25)9-16(15)18)21(27)14-7-5-12(2)6-8-14/h5-9,11,25H,4,10H2,1-3H3,(H,23,26). The number of nitrogens with one attached hydrogen (secondary N) is 1. The van der Waals surface area contributed by atoms with Crippen LogP contribution in [0.5, 0.6) is 5.75 Å². The van der Waals surface area contributed by atoms with Gasteiger partial charge in [0.25, 0.3) is 5.91 Å². The van der Waals surface area contributed by atoms with E-state index in [0.717, 1.165) is 5.56 Å². The lowest BCUT2D eigenvalue weighted by molar-refractivity contribution is -0.120. The predicted molar refractivity (Wildman–Crippen MR) is 107 cm³/mol. The molecule has 0 bridgehead atoms. The number of benzene rings is 2. The Morgan fingerprint density at radius 1 is 1.15 bits per heavy atom. The van der Waals surface area contributed by atoms with Gasteiger partial charge in [-0.1, -0.05) is 29.3 Å². The molecule has 5 nitrogen and oxygen atoms in total. The van der Waals surface area contributed by atoms with Gasteiger partial charge >= 0.3 is 0 Å². The monoisotopic (exact) mass is 384 g/mol. The molecule has 27 heavy (non-hydrogen) atoms. The zero-order valence-electron chi connectivity index (χ0n) is 15.5. The van der Waals surface area contributed by atoms with E-state index in [1.165, 1.54) is 6.07 Å². The van der Waals surface area contributed by atoms with Crippen LogP contribution in [0.1, 0.15) is 34.1 Å². The number of hydrogen-bond donors (Lipinski definition) is 2. The smallest absolute Gasteiger partial charge is 0.262 e. The van der Waals surface area contributed by atoms with Crippen LogP contribution in [0.4, 0.5) is 0 Å². The average Bonchev–Trinajstić information content (AvgIpc) is 2.87. The van der Waals surface area contributed by atoms with Crippen molar-refractivity contribution in [3.63, 3.8) is 0 Å². The summed E-state index contributed by atoms with van der Waals surface area (Å²) in [7, 11) is 0. The molecule has 0 atom stereocenters. The van der Waals surface area contributed by atoms with Crippen molar-refractivity contribution in [2.45, 2.75) is 27.2 Å². The van der Waals surface area contributed by atoms with Crippen LogP contribution in [0.15, 0.2) is 36.4 Å². The number of hydrogen-bond acceptors (Lipinski definition) is 3. The molecule has 0 radical (unpaired) electrons. The molecule has 0 spiro atoms. The highest BCUT2D eigenvalue weighted by Gasteiger charge is 2.22. The lowest BCUT2D eigenvalue weighted by Crippen LogP contribution is -2.24. The highest BCUT2D eigenvalue weighted by Crippen LogP contribution is 2.34. The van der Waals surface area contributed by atoms with Crippen LogP contribution < -0.4 is 5.32 Å². The quantitative estimate of drug-likeness (QED) is 0.714. The van der Waals surface area contributed by atoms with E-state index in [0.29, 0.717) is 34.3 Å². The average molecular weight is 385 g/mol. The first-order chi connectivity index (χ1) is 12.8. The van der Waals surface area contributed by atoms with Crippen molar-refractivity contribution in [2.75, 3.05) is 6.54 Å². The Morgan fingerprint density at radius 3 is 2.44 bits per heavy atom. The summed E-state index contributed by atoms with van der Waals surface area (Å²) in [5, 5.41) is 13.6. The SMILES string of the molecule is CCNC(=O)Cc1c(C)n(C(=O)c2ccc(C)cc2)c2cc(Cl)c(O)cc12. The molecule has 1 heterocycles. The van der Waals surface area contributed by atoms with E-state index in [1.807, 2.05) is 26.0 Å². The van der Waals surface area contributed by atoms with Gasteiger partial charge < -0.3 is 10.4 Å². The number of aromatic hydroxyl groups is 1. The number of rotatable bonds is 4. The molecule has 1 amide bonds. The molecule has 0 fully saturated rings. The highest BCUT2D eigenvalue weighted by molar-refractivity contribution is 6.33. The van der Waals surface area contributed by atoms with Gasteiger partial charge in [0.15, 0.2) is 0 Å². The molecule has 2 aromatic carbocycles. The number of aromatic nitrogens is 1. The van der Waals surface area contributed by atoms with Crippen LogP contribution in [0.3, 0.4) is 0 Å². The van der Waals surface area contributed by atoms with Gasteiger partial charge in [0, 0.05) is 23.2 Å². The summed E-state index contributed by atoms with van der Waals surface area (Å²) < 4.78 is 1.56. The van der Waals surface area contributed by atoms with Gasteiger partial charge in [-0.05, 0) is 50.6 Å². The van der Waals surface area contributed by atoms with Crippen molar-refractivity contribution < 1.29 is 14.7 Å². The summed E-state index contributed by atoms with van der Waals surface area (Å²) in [5.74, 6) is -0.431. The van der Waals surface area contributed by atoms with E-state index in [-0.39, 0.29) is 29.0 Å². The van der Waals surface area contributed by atoms with Crippen molar-refractivity contribution in [1.82, 2.24) is 9.88 Å². The number of amides is 1. The minimum Gasteiger partial charge on any atom is -0.506 e. The number of phenolic OH excluding ortho intramolecular Hbond substituents is 1. The second kappa shape index (κ2) is 7.45. The van der Waals surface area contributed by atoms with E-state index in [2.05, 4.69) is 5.32 Å². The summed E-state index contributed by atoms with van der Waals surface area (Å²) in [4.78, 5) is 25.3. The summed E-state index contributed by atoms with van der Waals surface area (Å²) in [6.45, 7) is 6.12. The Hall–Kier alpha value is -2.79. The van der Waals surface area contributed by atoms with Crippen LogP contribution in [-0.2, 0) is 11.2 Å². The van der Waals surface area contributed by atoms with Gasteiger partial charge in [-0.2, -0.15) is 0 Å². The molecule has 3 aromatic rings. The number of likely N-dealkylation sites (N-methyl/N-ethyl adjacent to an activating group) is 1. The third-order valence-corrected chi connectivity index (χ3v) is 4.92. The molecule has 140 valence electrons. The topological polar surface area (TPSA) is 71.3 Å². The number of carbonyl (C=O) groups excluding carboxylic acids is 2. The van der Waals surface area contributed by atoms with Crippen molar-refractivity contribution in [1.29, 1.82) is 0 Å². The second-order valence-corrected chi connectivity index (χ2v) is 6.93. The number of phenols is 1. The van der Waals surface area contributed by atoms with Gasteiger partial charge in [-0.25, -0.2) is 0 Å². The molecular weight excluding hydrogens is 364 g/mol. The first kappa shape index (κ1) is 19.0. The van der Waals surface area contributed by atoms with Crippen LogP contribution in [0.2, 0.25) is 5.02 Å². The zero-order chi connectivity index (χ0) is 19.7. The summed E-state index contributed by atoms with van der Waals surface area (Å²) in [5.41, 5.74) is 3.52. The molecule has 0 aliphatic rings. The maximum Gasteiger partial charge on any atom is 0.262 e. The number of carbonyl (C=O) groups is 2. The summed E-state index contributed by atoms with van der Waals surface area (Å²) in [6, 6.07) is 10.4. The van der Waals surface area contributed by atoms with Crippen molar-refractivity contribution >= 4 is 34.3 Å². The van der Waals surface area contributed by atoms with Gasteiger partial charge in [0.2, 0.25) is 5.91 Å². The Balaban J connectivity index is 2.21. The van der Waals surface area contributed by atoms with E-state index >= 15 is 0 Å². The maximum absolute atomic E-state index is 13.2. The van der Waals surface area contributed by atoms with Gasteiger partial charge in [-0.3, -0.25) is 14.2 Å². The Kier molecular flexibility index (Phi) is 5.24. The molecule has 1 aromatic heterocycles. The van der Waals surface area contributed by atoms with Crippen LogP contribution >= 0.6 is 11.6 Å². The highest BCUT2D eigenvalue weighted by atomic mass is 35.5. The Morgan fingerprint density at radius 2 is 1.81 bits per heavy atom. The third kappa shape index (κ3) is 3.55. The lowest BCUT2D eigenvalue weighted by atomic mass is 10.1. The minimum atomic E-state index is -0.207. The van der Waals surface area contributed by atoms with Gasteiger partial charge in [0.05, 0.1) is 17.0 Å². The van der Waals surface area contributed by atoms with E-state index in [1.54, 1.807) is 29.7 Å². The van der Waals surface area contributed by atoms with E-state index in [4.69, 9.17) is 11.6 Å². The Bertz CT molecular complexity index is 1040. The van der Waals surface area contributed by atoms with Gasteiger partial charge in [-0.15, -0.1) is 0 Å². The summed E-state index contributed by atoms with van der Waals surface area (Å²) >= 11 is 6.09. The van der Waals surface area contributed by atoms with Crippen molar-refractivity contribution in [3.05, 3.63) is 63.8 Å². The Labute approximate surface area is 162 Å². The molecule has 0 aliphatic heterocycles. The first-order valence-electron chi connectivity index (χ1n) is 8.74. The molecule has 3 rings (SSSR count). The molecule has 0 aliphatic carbocycles. The largest absolute Gasteiger partial charge is 0.506 e. The van der Waals surface area contributed by atoms with Crippen molar-refractivity contribution in [3.8, 4) is 5.75 Å². The lowest BCUT2D eigenvalue weighted by Gasteiger charge is -2.08. The fourth-order valence-corrected chi connectivity index (χ4v) is 3.38. The number of aryl methyl sites for hydroxylation is 1. The molecule has 0 saturated carbocycles. The second-order valence-electron chi connectivity index (χ2n) is 6.52. The minimum absolute atomic E-state index is 0.0822. The zero-order valence-corrected chi connectivity index (χ0v) is 16.2. The fraction of sp³-hybridized carbons (Fsp3) is 0.238. The number of nitrogens with zero attached hydrogens (tertiary/aromatic N) is 1. The first-order valence-corrected chi connectivity index (χ1v) is 9.11.